The topological polar surface area (TPSA) is 58.9 Å². The molecule has 0 fully saturated rings. The molecule has 0 atom stereocenters. The average Bonchev–Trinajstić information content (AvgIpc) is 2.67. The third-order valence-electron chi connectivity index (χ3n) is 1.93. The number of aromatic amines is 1. The first-order chi connectivity index (χ1) is 6.79. The molecular formula is C10H10N2OS. The molecule has 2 aromatic heterocycles. The van der Waals surface area contributed by atoms with Crippen molar-refractivity contribution >= 4 is 11.3 Å². The van der Waals surface area contributed by atoms with Gasteiger partial charge in [-0.2, -0.15) is 0 Å². The second-order valence-corrected chi connectivity index (χ2v) is 4.08. The molecule has 0 radical (unpaired) electrons. The van der Waals surface area contributed by atoms with E-state index in [4.69, 9.17) is 5.73 Å². The number of aromatic nitrogens is 1. The molecule has 0 aliphatic carbocycles. The first-order valence-electron chi connectivity index (χ1n) is 4.27. The summed E-state index contributed by atoms with van der Waals surface area (Å²) in [6.07, 6.45) is 1.72. The van der Waals surface area contributed by atoms with Crippen LogP contribution in [-0.4, -0.2) is 4.98 Å². The molecular weight excluding hydrogens is 196 g/mol. The Bertz CT molecular complexity index is 466. The Morgan fingerprint density at radius 3 is 2.71 bits per heavy atom. The van der Waals surface area contributed by atoms with Crippen molar-refractivity contribution in [3.63, 3.8) is 0 Å². The number of hydrogen-bond acceptors (Lipinski definition) is 3. The van der Waals surface area contributed by atoms with Gasteiger partial charge in [0.2, 0.25) is 5.56 Å². The molecule has 3 N–H and O–H groups in total. The molecule has 0 unspecified atom stereocenters. The quantitative estimate of drug-likeness (QED) is 0.783. The molecule has 0 saturated heterocycles. The second kappa shape index (κ2) is 3.77. The molecule has 0 saturated carbocycles. The highest BCUT2D eigenvalue weighted by atomic mass is 32.1. The zero-order valence-electron chi connectivity index (χ0n) is 7.49. The van der Waals surface area contributed by atoms with Gasteiger partial charge in [0.1, 0.15) is 0 Å². The molecule has 3 nitrogen and oxygen atoms in total. The maximum absolute atomic E-state index is 10.8. The Morgan fingerprint density at radius 2 is 2.14 bits per heavy atom. The van der Waals surface area contributed by atoms with Crippen molar-refractivity contribution in [2.24, 2.45) is 5.73 Å². The van der Waals surface area contributed by atoms with E-state index in [-0.39, 0.29) is 5.56 Å². The zero-order chi connectivity index (χ0) is 9.97. The summed E-state index contributed by atoms with van der Waals surface area (Å²) in [4.78, 5) is 15.8. The van der Waals surface area contributed by atoms with E-state index in [1.54, 1.807) is 17.5 Å². The fraction of sp³-hybridized carbons (Fsp3) is 0.100. The van der Waals surface area contributed by atoms with Crippen LogP contribution in [0.3, 0.4) is 0 Å². The lowest BCUT2D eigenvalue weighted by Crippen LogP contribution is -2.00. The van der Waals surface area contributed by atoms with E-state index in [0.29, 0.717) is 6.54 Å². The van der Waals surface area contributed by atoms with Crippen molar-refractivity contribution in [1.82, 2.24) is 4.98 Å². The Labute approximate surface area is 85.2 Å². The number of pyridine rings is 1. The summed E-state index contributed by atoms with van der Waals surface area (Å²) < 4.78 is 0. The smallest absolute Gasteiger partial charge is 0.247 e. The minimum absolute atomic E-state index is 0.0793. The van der Waals surface area contributed by atoms with Crippen molar-refractivity contribution in [2.45, 2.75) is 6.54 Å². The van der Waals surface area contributed by atoms with Crippen LogP contribution in [0.4, 0.5) is 0 Å². The largest absolute Gasteiger partial charge is 0.328 e. The van der Waals surface area contributed by atoms with Crippen molar-refractivity contribution in [2.75, 3.05) is 0 Å². The van der Waals surface area contributed by atoms with E-state index < -0.39 is 0 Å². The lowest BCUT2D eigenvalue weighted by molar-refractivity contribution is 1.11. The minimum atomic E-state index is -0.0793. The maximum atomic E-state index is 10.8. The highest BCUT2D eigenvalue weighted by Gasteiger charge is 2.01. The third-order valence-corrected chi connectivity index (χ3v) is 3.09. The monoisotopic (exact) mass is 206 g/mol. The average molecular weight is 206 g/mol. The standard InChI is InChI=1S/C10H10N2OS/c11-5-8-2-3-9(14-8)7-1-4-10(13)12-6-7/h1-4,6H,5,11H2,(H,12,13). The van der Waals surface area contributed by atoms with Gasteiger partial charge in [0.05, 0.1) is 0 Å². The van der Waals surface area contributed by atoms with Gasteiger partial charge in [-0.1, -0.05) is 0 Å². The van der Waals surface area contributed by atoms with E-state index in [1.165, 1.54) is 6.07 Å². The van der Waals surface area contributed by atoms with Crippen LogP contribution in [0.25, 0.3) is 10.4 Å². The van der Waals surface area contributed by atoms with Crippen LogP contribution in [-0.2, 0) is 6.54 Å². The lowest BCUT2D eigenvalue weighted by atomic mass is 10.2. The van der Waals surface area contributed by atoms with Crippen molar-refractivity contribution in [1.29, 1.82) is 0 Å². The second-order valence-electron chi connectivity index (χ2n) is 2.91. The molecule has 0 spiro atoms. The van der Waals surface area contributed by atoms with Crippen LogP contribution >= 0.6 is 11.3 Å². The fourth-order valence-corrected chi connectivity index (χ4v) is 2.09. The molecule has 72 valence electrons. The minimum Gasteiger partial charge on any atom is -0.328 e. The van der Waals surface area contributed by atoms with Gasteiger partial charge in [-0.15, -0.1) is 11.3 Å². The normalized spacial score (nSPS) is 10.4. The zero-order valence-corrected chi connectivity index (χ0v) is 8.30. The molecule has 14 heavy (non-hydrogen) atoms. The van der Waals surface area contributed by atoms with Crippen LogP contribution < -0.4 is 11.3 Å². The summed E-state index contributed by atoms with van der Waals surface area (Å²) in [5, 5.41) is 0. The number of H-pyrrole nitrogens is 1. The Morgan fingerprint density at radius 1 is 1.29 bits per heavy atom. The molecule has 4 heteroatoms. The van der Waals surface area contributed by atoms with Gasteiger partial charge in [0.25, 0.3) is 0 Å². The molecule has 0 aliphatic rings. The van der Waals surface area contributed by atoms with Crippen LogP contribution in [0.2, 0.25) is 0 Å². The molecule has 0 aromatic carbocycles. The van der Waals surface area contributed by atoms with Gasteiger partial charge in [-0.3, -0.25) is 4.79 Å². The van der Waals surface area contributed by atoms with Crippen LogP contribution in [0.5, 0.6) is 0 Å². The van der Waals surface area contributed by atoms with Gasteiger partial charge >= 0.3 is 0 Å². The number of nitrogens with two attached hydrogens (primary N) is 1. The van der Waals surface area contributed by atoms with Gasteiger partial charge in [-0.25, -0.2) is 0 Å². The van der Waals surface area contributed by atoms with Gasteiger partial charge in [-0.05, 0) is 18.2 Å². The molecule has 2 aromatic rings. The molecule has 0 bridgehead atoms. The van der Waals surface area contributed by atoms with Crippen molar-refractivity contribution in [3.05, 3.63) is 45.7 Å². The molecule has 0 amide bonds. The molecule has 2 heterocycles. The Balaban J connectivity index is 2.39. The predicted molar refractivity (Wildman–Crippen MR) is 58.3 cm³/mol. The van der Waals surface area contributed by atoms with Crippen LogP contribution in [0.1, 0.15) is 4.88 Å². The summed E-state index contributed by atoms with van der Waals surface area (Å²) in [5.41, 5.74) is 6.46. The first kappa shape index (κ1) is 9.18. The first-order valence-corrected chi connectivity index (χ1v) is 5.09. The highest BCUT2D eigenvalue weighted by Crippen LogP contribution is 2.26. The summed E-state index contributed by atoms with van der Waals surface area (Å²) in [6.45, 7) is 0.564. The van der Waals surface area contributed by atoms with E-state index in [0.717, 1.165) is 15.3 Å². The maximum Gasteiger partial charge on any atom is 0.247 e. The Hall–Kier alpha value is -1.39. The van der Waals surface area contributed by atoms with E-state index in [9.17, 15) is 4.79 Å². The van der Waals surface area contributed by atoms with Gasteiger partial charge in [0, 0.05) is 34.1 Å². The highest BCUT2D eigenvalue weighted by molar-refractivity contribution is 7.15. The Kier molecular flexibility index (Phi) is 2.47. The number of rotatable bonds is 2. The number of nitrogens with one attached hydrogen (secondary N) is 1. The van der Waals surface area contributed by atoms with Crippen molar-refractivity contribution in [3.8, 4) is 10.4 Å². The number of thiophene rings is 1. The number of hydrogen-bond donors (Lipinski definition) is 2. The van der Waals surface area contributed by atoms with Crippen molar-refractivity contribution < 1.29 is 0 Å². The molecule has 0 aliphatic heterocycles. The lowest BCUT2D eigenvalue weighted by Gasteiger charge is -1.94. The summed E-state index contributed by atoms with van der Waals surface area (Å²) in [6, 6.07) is 7.35. The van der Waals surface area contributed by atoms with E-state index >= 15 is 0 Å². The third kappa shape index (κ3) is 1.76. The molecule has 2 rings (SSSR count). The summed E-state index contributed by atoms with van der Waals surface area (Å²) in [7, 11) is 0. The van der Waals surface area contributed by atoms with E-state index in [2.05, 4.69) is 4.98 Å². The SMILES string of the molecule is NCc1ccc(-c2ccc(=O)[nH]c2)s1. The summed E-state index contributed by atoms with van der Waals surface area (Å²) >= 11 is 1.64. The van der Waals surface area contributed by atoms with E-state index in [1.807, 2.05) is 18.2 Å². The fourth-order valence-electron chi connectivity index (χ4n) is 1.21. The summed E-state index contributed by atoms with van der Waals surface area (Å²) in [5.74, 6) is 0. The predicted octanol–water partition coefficient (Wildman–Crippen LogP) is 1.56. The van der Waals surface area contributed by atoms with Crippen LogP contribution in [0.15, 0.2) is 35.3 Å². The van der Waals surface area contributed by atoms with Gasteiger partial charge in [0.15, 0.2) is 0 Å². The van der Waals surface area contributed by atoms with Gasteiger partial charge < -0.3 is 10.7 Å². The van der Waals surface area contributed by atoms with Crippen LogP contribution in [0, 0.1) is 0 Å².